The second-order valence-corrected chi connectivity index (χ2v) is 11.1. The summed E-state index contributed by atoms with van der Waals surface area (Å²) < 4.78 is 50.1. The number of ketones is 2. The summed E-state index contributed by atoms with van der Waals surface area (Å²) >= 11 is 6.56. The first kappa shape index (κ1) is 29.4. The Balaban J connectivity index is 1.61. The molecule has 0 fully saturated rings. The highest BCUT2D eigenvalue weighted by molar-refractivity contribution is 6.36. The van der Waals surface area contributed by atoms with E-state index in [-0.39, 0.29) is 62.5 Å². The van der Waals surface area contributed by atoms with Crippen LogP contribution in [0.3, 0.4) is 0 Å². The number of halogens is 3. The zero-order chi connectivity index (χ0) is 31.8. The molecule has 0 saturated carbocycles. The molecule has 1 spiro atoms. The number of hydrogen-bond acceptors (Lipinski definition) is 9. The number of fused-ring (bicyclic) bond motifs is 2. The molecule has 230 valence electrons. The molecule has 0 radical (unpaired) electrons. The Bertz CT molecular complexity index is 1930. The van der Waals surface area contributed by atoms with Gasteiger partial charge in [0.05, 0.1) is 19.8 Å². The van der Waals surface area contributed by atoms with Crippen LogP contribution in [0, 0.1) is 5.92 Å². The summed E-state index contributed by atoms with van der Waals surface area (Å²) in [7, 11) is 5.47. The van der Waals surface area contributed by atoms with Crippen LogP contribution >= 0.6 is 11.6 Å². The number of anilines is 1. The number of rotatable bonds is 5. The second-order valence-electron chi connectivity index (χ2n) is 10.8. The van der Waals surface area contributed by atoms with Crippen LogP contribution in [0.1, 0.15) is 40.7 Å². The maximum atomic E-state index is 14.9. The molecule has 3 aliphatic rings. The smallest absolute Gasteiger partial charge is 0.387 e. The zero-order valence-corrected chi connectivity index (χ0v) is 24.9. The lowest BCUT2D eigenvalue weighted by Gasteiger charge is -2.42. The van der Waals surface area contributed by atoms with Gasteiger partial charge in [0, 0.05) is 43.3 Å². The molecule has 2 aliphatic heterocycles. The van der Waals surface area contributed by atoms with Crippen LogP contribution in [0.4, 0.5) is 14.6 Å². The van der Waals surface area contributed by atoms with Crippen LogP contribution in [0.15, 0.2) is 51.2 Å². The SMILES string of the molecule is COc1cc(OC)c2c(c1Cl)O[C@@]1(C(=O)C3=C(C[C@H]1C)Nc1c(c(=O)n(C)c(=O)n1C)C3c1cccc(OC(F)F)c1)C2=O. The van der Waals surface area contributed by atoms with Gasteiger partial charge in [0.25, 0.3) is 5.56 Å². The molecule has 3 atom stereocenters. The van der Waals surface area contributed by atoms with Crippen molar-refractivity contribution >= 4 is 29.0 Å². The molecule has 2 aromatic carbocycles. The van der Waals surface area contributed by atoms with Crippen molar-refractivity contribution in [1.29, 1.82) is 0 Å². The third-order valence-corrected chi connectivity index (χ3v) is 8.85. The normalized spacial score (nSPS) is 21.9. The number of alkyl halides is 2. The standard InChI is InChI=1S/C30H26ClF2N3O8/c1-12-9-15-19(24(37)30(12)25(38)20-16(41-4)11-17(42-5)22(31)23(20)44-30)18(13-7-6-8-14(10-13)43-28(32)33)21-26(34-15)35(2)29(40)36(3)27(21)39/h6-8,10-12,18,28,34H,9H2,1-5H3/t12-,18?,30+/m1/s1. The first-order chi connectivity index (χ1) is 20.9. The van der Waals surface area contributed by atoms with Gasteiger partial charge in [0.1, 0.15) is 33.7 Å². The minimum Gasteiger partial charge on any atom is -0.496 e. The number of benzene rings is 2. The summed E-state index contributed by atoms with van der Waals surface area (Å²) in [6.45, 7) is -1.47. The Labute approximate surface area is 253 Å². The lowest BCUT2D eigenvalue weighted by molar-refractivity contribution is -0.130. The van der Waals surface area contributed by atoms with E-state index in [1.807, 2.05) is 0 Å². The number of hydrogen-bond donors (Lipinski definition) is 1. The maximum absolute atomic E-state index is 14.9. The maximum Gasteiger partial charge on any atom is 0.387 e. The van der Waals surface area contributed by atoms with E-state index in [2.05, 4.69) is 10.1 Å². The summed E-state index contributed by atoms with van der Waals surface area (Å²) in [6.07, 6.45) is 0.0738. The molecule has 1 aliphatic carbocycles. The van der Waals surface area contributed by atoms with Gasteiger partial charge in [-0.15, -0.1) is 0 Å². The number of carbonyl (C=O) groups excluding carboxylic acids is 2. The Hall–Kier alpha value is -4.65. The molecule has 0 bridgehead atoms. The fourth-order valence-electron chi connectivity index (χ4n) is 6.39. The molecular formula is C30H26ClF2N3O8. The van der Waals surface area contributed by atoms with Gasteiger partial charge < -0.3 is 24.3 Å². The fourth-order valence-corrected chi connectivity index (χ4v) is 6.66. The summed E-state index contributed by atoms with van der Waals surface area (Å²) in [5.74, 6) is -3.32. The van der Waals surface area contributed by atoms with Gasteiger partial charge in [-0.05, 0) is 24.1 Å². The lowest BCUT2D eigenvalue weighted by atomic mass is 9.66. The Morgan fingerprint density at radius 2 is 1.75 bits per heavy atom. The summed E-state index contributed by atoms with van der Waals surface area (Å²) in [5, 5.41) is 3.07. The quantitative estimate of drug-likeness (QED) is 0.420. The average molecular weight is 630 g/mol. The lowest BCUT2D eigenvalue weighted by Crippen LogP contribution is -2.58. The van der Waals surface area contributed by atoms with Crippen LogP contribution in [-0.4, -0.2) is 47.1 Å². The minimum atomic E-state index is -3.13. The van der Waals surface area contributed by atoms with Gasteiger partial charge in [0.15, 0.2) is 5.75 Å². The van der Waals surface area contributed by atoms with Crippen LogP contribution in [0.2, 0.25) is 5.02 Å². The predicted octanol–water partition coefficient (Wildman–Crippen LogP) is 3.79. The molecule has 1 N–H and O–H groups in total. The number of methoxy groups -OCH3 is 2. The van der Waals surface area contributed by atoms with E-state index in [9.17, 15) is 28.0 Å². The van der Waals surface area contributed by atoms with Gasteiger partial charge in [-0.3, -0.25) is 23.5 Å². The van der Waals surface area contributed by atoms with Crippen molar-refractivity contribution in [1.82, 2.24) is 9.13 Å². The third kappa shape index (κ3) is 3.91. The van der Waals surface area contributed by atoms with Crippen molar-refractivity contribution < 1.29 is 37.3 Å². The van der Waals surface area contributed by atoms with Crippen molar-refractivity contribution in [3.8, 4) is 23.0 Å². The molecule has 1 aromatic heterocycles. The number of nitrogens with one attached hydrogen (secondary N) is 1. The molecule has 3 heterocycles. The van der Waals surface area contributed by atoms with Crippen LogP contribution < -0.4 is 35.5 Å². The summed E-state index contributed by atoms with van der Waals surface area (Å²) in [6, 6.07) is 7.00. The number of aromatic nitrogens is 2. The highest BCUT2D eigenvalue weighted by Crippen LogP contribution is 2.56. The van der Waals surface area contributed by atoms with E-state index in [1.165, 1.54) is 57.1 Å². The van der Waals surface area contributed by atoms with E-state index in [0.717, 1.165) is 4.57 Å². The van der Waals surface area contributed by atoms with Gasteiger partial charge in [-0.1, -0.05) is 30.7 Å². The van der Waals surface area contributed by atoms with Gasteiger partial charge in [0.2, 0.25) is 17.2 Å². The van der Waals surface area contributed by atoms with Crippen molar-refractivity contribution in [3.63, 3.8) is 0 Å². The molecule has 0 amide bonds. The first-order valence-corrected chi connectivity index (χ1v) is 13.8. The van der Waals surface area contributed by atoms with Gasteiger partial charge in [-0.25, -0.2) is 4.79 Å². The molecule has 11 nitrogen and oxygen atoms in total. The highest BCUT2D eigenvalue weighted by atomic mass is 35.5. The van der Waals surface area contributed by atoms with Crippen LogP contribution in [0.5, 0.6) is 23.0 Å². The van der Waals surface area contributed by atoms with Gasteiger partial charge in [-0.2, -0.15) is 8.78 Å². The van der Waals surface area contributed by atoms with Gasteiger partial charge >= 0.3 is 12.3 Å². The number of ether oxygens (including phenoxy) is 4. The van der Waals surface area contributed by atoms with Crippen molar-refractivity contribution in [2.45, 2.75) is 31.5 Å². The highest BCUT2D eigenvalue weighted by Gasteiger charge is 2.63. The largest absolute Gasteiger partial charge is 0.496 e. The number of Topliss-reactive ketones (excluding diaryl/α,β-unsaturated/α-hetero) is 2. The second kappa shape index (κ2) is 10.2. The topological polar surface area (TPSA) is 127 Å². The molecule has 6 rings (SSSR count). The minimum absolute atomic E-state index is 0.000780. The molecule has 14 heteroatoms. The number of nitrogens with zero attached hydrogens (tertiary/aromatic N) is 2. The molecule has 0 saturated heterocycles. The molecule has 3 aromatic rings. The van der Waals surface area contributed by atoms with Crippen molar-refractivity contribution in [3.05, 3.63) is 84.2 Å². The molecular weight excluding hydrogens is 604 g/mol. The van der Waals surface area contributed by atoms with Crippen LogP contribution in [0.25, 0.3) is 0 Å². The Kier molecular flexibility index (Phi) is 6.83. The van der Waals surface area contributed by atoms with Crippen LogP contribution in [-0.2, 0) is 18.9 Å². The summed E-state index contributed by atoms with van der Waals surface area (Å²) in [5.41, 5.74) is -2.89. The fraction of sp³-hybridized carbons (Fsp3) is 0.333. The number of allylic oxidation sites excluding steroid dienone is 1. The summed E-state index contributed by atoms with van der Waals surface area (Å²) in [4.78, 5) is 55.8. The van der Waals surface area contributed by atoms with E-state index in [1.54, 1.807) is 13.0 Å². The Morgan fingerprint density at radius 3 is 2.41 bits per heavy atom. The molecule has 44 heavy (non-hydrogen) atoms. The van der Waals surface area contributed by atoms with Crippen molar-refractivity contribution in [2.24, 2.45) is 20.0 Å². The predicted molar refractivity (Wildman–Crippen MR) is 154 cm³/mol. The number of carbonyl (C=O) groups is 2. The molecule has 1 unspecified atom stereocenters. The van der Waals surface area contributed by atoms with Crippen molar-refractivity contribution in [2.75, 3.05) is 19.5 Å². The average Bonchev–Trinajstić information content (AvgIpc) is 3.31. The third-order valence-electron chi connectivity index (χ3n) is 8.49. The zero-order valence-electron chi connectivity index (χ0n) is 24.1. The van der Waals surface area contributed by atoms with E-state index in [0.29, 0.717) is 5.70 Å². The van der Waals surface area contributed by atoms with E-state index >= 15 is 0 Å². The first-order valence-electron chi connectivity index (χ1n) is 13.4. The monoisotopic (exact) mass is 629 g/mol. The van der Waals surface area contributed by atoms with E-state index in [4.69, 9.17) is 25.8 Å². The van der Waals surface area contributed by atoms with E-state index < -0.39 is 46.9 Å². The Morgan fingerprint density at radius 1 is 1.05 bits per heavy atom.